The minimum Gasteiger partial charge on any atom is -0.469 e. The van der Waals surface area contributed by atoms with Crippen LogP contribution in [0.25, 0.3) is 0 Å². The van der Waals surface area contributed by atoms with Crippen LogP contribution in [0, 0.1) is 0 Å². The Labute approximate surface area is 105 Å². The number of hydrogen-bond donors (Lipinski definition) is 2. The van der Waals surface area contributed by atoms with Crippen molar-refractivity contribution in [1.29, 1.82) is 0 Å². The average molecular weight is 279 g/mol. The number of rotatable bonds is 5. The Bertz CT molecular complexity index is 422. The van der Waals surface area contributed by atoms with Crippen molar-refractivity contribution in [2.75, 3.05) is 32.5 Å². The van der Waals surface area contributed by atoms with E-state index in [4.69, 9.17) is 5.73 Å². The van der Waals surface area contributed by atoms with Gasteiger partial charge in [0.25, 0.3) is 0 Å². The van der Waals surface area contributed by atoms with Crippen LogP contribution in [-0.4, -0.2) is 63.1 Å². The lowest BCUT2D eigenvalue weighted by Crippen LogP contribution is -2.59. The quantitative estimate of drug-likeness (QED) is 0.543. The van der Waals surface area contributed by atoms with Gasteiger partial charge in [0, 0.05) is 19.6 Å². The molecule has 1 rings (SSSR count). The minimum atomic E-state index is -3.69. The first kappa shape index (κ1) is 14.9. The Morgan fingerprint density at radius 2 is 2.17 bits per heavy atom. The van der Waals surface area contributed by atoms with E-state index < -0.39 is 27.9 Å². The summed E-state index contributed by atoms with van der Waals surface area (Å²) >= 11 is 0. The second-order valence-corrected chi connectivity index (χ2v) is 5.92. The van der Waals surface area contributed by atoms with Gasteiger partial charge in [-0.25, -0.2) is 8.42 Å². The number of nitrogens with one attached hydrogen (secondary N) is 1. The zero-order chi connectivity index (χ0) is 13.8. The number of carbonyl (C=O) groups is 2. The summed E-state index contributed by atoms with van der Waals surface area (Å²) < 4.78 is 29.4. The molecule has 1 unspecified atom stereocenters. The number of esters is 1. The van der Waals surface area contributed by atoms with Crippen LogP contribution >= 0.6 is 0 Å². The van der Waals surface area contributed by atoms with Crippen LogP contribution in [0.5, 0.6) is 0 Å². The second kappa shape index (κ2) is 6.12. The molecular weight excluding hydrogens is 262 g/mol. The number of sulfonamides is 1. The van der Waals surface area contributed by atoms with Crippen LogP contribution in [0.15, 0.2) is 0 Å². The minimum absolute atomic E-state index is 0.164. The first-order chi connectivity index (χ1) is 8.38. The van der Waals surface area contributed by atoms with Crippen molar-refractivity contribution in [3.63, 3.8) is 0 Å². The molecule has 1 heterocycles. The van der Waals surface area contributed by atoms with E-state index in [1.807, 2.05) is 0 Å². The van der Waals surface area contributed by atoms with Gasteiger partial charge in [-0.2, -0.15) is 4.31 Å². The van der Waals surface area contributed by atoms with Crippen molar-refractivity contribution in [3.8, 4) is 0 Å². The molecule has 9 heteroatoms. The standard InChI is InChI=1S/C9H17N3O5S/c1-17-8(13)2-5-18(15,16)12-4-3-11-6-7(12)9(10)14/h7,11H,2-6H2,1H3,(H2,10,14). The number of primary amides is 1. The van der Waals surface area contributed by atoms with Crippen LogP contribution in [0.4, 0.5) is 0 Å². The molecule has 0 aliphatic carbocycles. The lowest BCUT2D eigenvalue weighted by Gasteiger charge is -2.32. The average Bonchev–Trinajstić information content (AvgIpc) is 2.36. The fraction of sp³-hybridized carbons (Fsp3) is 0.778. The van der Waals surface area contributed by atoms with Crippen molar-refractivity contribution < 1.29 is 22.7 Å². The molecule has 0 radical (unpaired) electrons. The molecule has 18 heavy (non-hydrogen) atoms. The number of nitrogens with zero attached hydrogens (tertiary/aromatic N) is 1. The summed E-state index contributed by atoms with van der Waals surface area (Å²) in [4.78, 5) is 22.1. The predicted octanol–water partition coefficient (Wildman–Crippen LogP) is -2.36. The molecule has 1 atom stereocenters. The van der Waals surface area contributed by atoms with Gasteiger partial charge in [-0.15, -0.1) is 0 Å². The van der Waals surface area contributed by atoms with E-state index in [0.717, 1.165) is 4.31 Å². The third-order valence-corrected chi connectivity index (χ3v) is 4.54. The van der Waals surface area contributed by atoms with Crippen molar-refractivity contribution in [2.45, 2.75) is 12.5 Å². The highest BCUT2D eigenvalue weighted by atomic mass is 32.2. The van der Waals surface area contributed by atoms with Crippen LogP contribution < -0.4 is 11.1 Å². The largest absolute Gasteiger partial charge is 0.469 e. The van der Waals surface area contributed by atoms with E-state index in [9.17, 15) is 18.0 Å². The highest BCUT2D eigenvalue weighted by Crippen LogP contribution is 2.11. The Hall–Kier alpha value is -1.19. The topological polar surface area (TPSA) is 119 Å². The van der Waals surface area contributed by atoms with Gasteiger partial charge in [0.15, 0.2) is 0 Å². The van der Waals surface area contributed by atoms with E-state index in [-0.39, 0.29) is 25.3 Å². The molecule has 0 aromatic heterocycles. The monoisotopic (exact) mass is 279 g/mol. The first-order valence-corrected chi connectivity index (χ1v) is 7.06. The van der Waals surface area contributed by atoms with Crippen LogP contribution in [0.2, 0.25) is 0 Å². The zero-order valence-corrected chi connectivity index (χ0v) is 10.9. The van der Waals surface area contributed by atoms with Gasteiger partial charge in [0.2, 0.25) is 15.9 Å². The summed E-state index contributed by atoms with van der Waals surface area (Å²) in [5.74, 6) is -1.70. The Balaban J connectivity index is 2.75. The van der Waals surface area contributed by atoms with E-state index in [1.54, 1.807) is 0 Å². The van der Waals surface area contributed by atoms with E-state index >= 15 is 0 Å². The molecule has 1 fully saturated rings. The molecule has 104 valence electrons. The smallest absolute Gasteiger partial charge is 0.306 e. The summed E-state index contributed by atoms with van der Waals surface area (Å²) in [6.45, 7) is 0.797. The van der Waals surface area contributed by atoms with Crippen LogP contribution in [0.3, 0.4) is 0 Å². The van der Waals surface area contributed by atoms with E-state index in [1.165, 1.54) is 7.11 Å². The molecule has 0 bridgehead atoms. The van der Waals surface area contributed by atoms with E-state index in [2.05, 4.69) is 10.1 Å². The number of nitrogens with two attached hydrogens (primary N) is 1. The SMILES string of the molecule is COC(=O)CCS(=O)(=O)N1CCNCC1C(N)=O. The molecule has 1 amide bonds. The number of hydrogen-bond acceptors (Lipinski definition) is 6. The maximum absolute atomic E-state index is 12.0. The van der Waals surface area contributed by atoms with Crippen molar-refractivity contribution in [1.82, 2.24) is 9.62 Å². The molecule has 0 aromatic rings. The van der Waals surface area contributed by atoms with Crippen LogP contribution in [-0.2, 0) is 24.3 Å². The molecule has 0 aromatic carbocycles. The normalized spacial score (nSPS) is 21.5. The molecule has 0 saturated carbocycles. The predicted molar refractivity (Wildman–Crippen MR) is 63.0 cm³/mol. The Morgan fingerprint density at radius 3 is 2.72 bits per heavy atom. The fourth-order valence-corrected chi connectivity index (χ4v) is 3.29. The van der Waals surface area contributed by atoms with Crippen molar-refractivity contribution >= 4 is 21.9 Å². The summed E-state index contributed by atoms with van der Waals surface area (Å²) in [7, 11) is -2.50. The Kier molecular flexibility index (Phi) is 5.05. The molecule has 1 saturated heterocycles. The maximum Gasteiger partial charge on any atom is 0.306 e. The molecule has 3 N–H and O–H groups in total. The lowest BCUT2D eigenvalue weighted by atomic mass is 10.2. The molecular formula is C9H17N3O5S. The van der Waals surface area contributed by atoms with Gasteiger partial charge in [-0.1, -0.05) is 0 Å². The number of amides is 1. The first-order valence-electron chi connectivity index (χ1n) is 5.45. The maximum atomic E-state index is 12.0. The number of methoxy groups -OCH3 is 1. The number of piperazine rings is 1. The van der Waals surface area contributed by atoms with Gasteiger partial charge in [0.05, 0.1) is 19.3 Å². The zero-order valence-electron chi connectivity index (χ0n) is 10.1. The summed E-state index contributed by atoms with van der Waals surface area (Å²) in [6.07, 6.45) is -0.242. The van der Waals surface area contributed by atoms with E-state index in [0.29, 0.717) is 6.54 Å². The third kappa shape index (κ3) is 3.65. The van der Waals surface area contributed by atoms with Gasteiger partial charge < -0.3 is 15.8 Å². The summed E-state index contributed by atoms with van der Waals surface area (Å²) in [5.41, 5.74) is 5.16. The third-order valence-electron chi connectivity index (χ3n) is 2.67. The fourth-order valence-electron chi connectivity index (χ4n) is 1.69. The highest BCUT2D eigenvalue weighted by Gasteiger charge is 2.35. The van der Waals surface area contributed by atoms with Gasteiger partial charge in [-0.3, -0.25) is 9.59 Å². The van der Waals surface area contributed by atoms with Crippen LogP contribution in [0.1, 0.15) is 6.42 Å². The molecule has 8 nitrogen and oxygen atoms in total. The Morgan fingerprint density at radius 1 is 1.50 bits per heavy atom. The van der Waals surface area contributed by atoms with Crippen molar-refractivity contribution in [3.05, 3.63) is 0 Å². The van der Waals surface area contributed by atoms with Crippen molar-refractivity contribution in [2.24, 2.45) is 5.73 Å². The van der Waals surface area contributed by atoms with Gasteiger partial charge >= 0.3 is 5.97 Å². The summed E-state index contributed by atoms with van der Waals surface area (Å²) in [5, 5.41) is 2.90. The van der Waals surface area contributed by atoms with Gasteiger partial charge in [0.1, 0.15) is 6.04 Å². The molecule has 1 aliphatic heterocycles. The second-order valence-electron chi connectivity index (χ2n) is 3.88. The molecule has 1 aliphatic rings. The highest BCUT2D eigenvalue weighted by molar-refractivity contribution is 7.89. The number of ether oxygens (including phenoxy) is 1. The lowest BCUT2D eigenvalue weighted by molar-refractivity contribution is -0.140. The molecule has 0 spiro atoms. The summed E-state index contributed by atoms with van der Waals surface area (Å²) in [6, 6.07) is -0.901. The number of carbonyl (C=O) groups excluding carboxylic acids is 2. The van der Waals surface area contributed by atoms with Gasteiger partial charge in [-0.05, 0) is 0 Å².